The van der Waals surface area contributed by atoms with E-state index in [1.54, 1.807) is 5.29 Å². The van der Waals surface area contributed by atoms with Crippen LogP contribution in [0.5, 0.6) is 0 Å². The molecule has 0 nitrogen and oxygen atoms in total. The van der Waals surface area contributed by atoms with Crippen molar-refractivity contribution in [3.63, 3.8) is 0 Å². The van der Waals surface area contributed by atoms with Crippen molar-refractivity contribution in [2.75, 3.05) is 6.66 Å². The fraction of sp³-hybridized carbons (Fsp3) is 0.125. The van der Waals surface area contributed by atoms with Gasteiger partial charge in [0.2, 0.25) is 0 Å². The molecule has 44 valence electrons. The van der Waals surface area contributed by atoms with Gasteiger partial charge in [-0.2, -0.15) is 0 Å². The van der Waals surface area contributed by atoms with Crippen molar-refractivity contribution in [2.45, 2.75) is 0 Å². The van der Waals surface area contributed by atoms with Crippen LogP contribution in [0.2, 0.25) is 0 Å². The highest BCUT2D eigenvalue weighted by molar-refractivity contribution is 7.62. The van der Waals surface area contributed by atoms with Gasteiger partial charge in [-0.15, -0.1) is 0 Å². The molecule has 0 aromatic heterocycles. The lowest BCUT2D eigenvalue weighted by Gasteiger charge is -1.80. The average Bonchev–Trinajstić information content (AvgIpc) is 2.35. The molecule has 0 saturated carbocycles. The normalized spacial score (nSPS) is 25.2. The highest BCUT2D eigenvalue weighted by Crippen LogP contribution is 2.34. The molecule has 0 aromatic rings. The molecule has 0 aromatic carbocycles. The van der Waals surface area contributed by atoms with E-state index in [-0.39, 0.29) is 7.55 Å². The summed E-state index contributed by atoms with van der Waals surface area (Å²) in [5, 5.41) is 1.55. The van der Waals surface area contributed by atoms with E-state index in [1.807, 2.05) is 0 Å². The van der Waals surface area contributed by atoms with Crippen molar-refractivity contribution in [3.05, 3.63) is 35.7 Å². The first-order valence-electron chi connectivity index (χ1n) is 3.05. The molecule has 1 heterocycles. The Hall–Kier alpha value is -0.610. The van der Waals surface area contributed by atoms with Crippen LogP contribution in [-0.2, 0) is 0 Å². The molecule has 1 unspecified atom stereocenters. The molecule has 0 saturated heterocycles. The molecular weight excluding hydrogens is 127 g/mol. The molecule has 2 aliphatic rings. The van der Waals surface area contributed by atoms with E-state index >= 15 is 0 Å². The minimum absolute atomic E-state index is 0.0756. The highest BCUT2D eigenvalue weighted by Gasteiger charge is 2.20. The van der Waals surface area contributed by atoms with Gasteiger partial charge in [-0.05, 0) is 12.2 Å². The second-order valence-electron chi connectivity index (χ2n) is 2.29. The van der Waals surface area contributed by atoms with E-state index in [1.165, 1.54) is 5.57 Å². The van der Waals surface area contributed by atoms with E-state index in [9.17, 15) is 0 Å². The minimum Gasteiger partial charge on any atom is -0.0571 e. The summed E-state index contributed by atoms with van der Waals surface area (Å²) in [7, 11) is 0.0756. The van der Waals surface area contributed by atoms with Crippen LogP contribution in [0, 0.1) is 0 Å². The monoisotopic (exact) mass is 135 g/mol. The number of fused-ring (bicyclic) bond motifs is 1. The molecule has 0 spiro atoms. The molecule has 1 aliphatic heterocycles. The predicted molar refractivity (Wildman–Crippen MR) is 44.2 cm³/mol. The first-order chi connectivity index (χ1) is 4.38. The summed E-state index contributed by atoms with van der Waals surface area (Å²) in [6, 6.07) is 0. The Morgan fingerprint density at radius 3 is 3.00 bits per heavy atom. The van der Waals surface area contributed by atoms with Crippen molar-refractivity contribution in [1.29, 1.82) is 0 Å². The Bertz CT molecular complexity index is 264. The molecule has 0 radical (unpaired) electrons. The molecule has 0 amide bonds. The van der Waals surface area contributed by atoms with E-state index in [2.05, 4.69) is 36.8 Å². The van der Waals surface area contributed by atoms with Gasteiger partial charge in [-0.25, -0.2) is 0 Å². The van der Waals surface area contributed by atoms with Crippen molar-refractivity contribution in [2.24, 2.45) is 0 Å². The summed E-state index contributed by atoms with van der Waals surface area (Å²) in [6.07, 6.45) is 8.76. The van der Waals surface area contributed by atoms with E-state index < -0.39 is 0 Å². The van der Waals surface area contributed by atoms with Crippen LogP contribution in [0.25, 0.3) is 0 Å². The lowest BCUT2D eigenvalue weighted by Crippen LogP contribution is -1.83. The van der Waals surface area contributed by atoms with Crippen LogP contribution in [0.3, 0.4) is 0 Å². The van der Waals surface area contributed by atoms with Gasteiger partial charge in [0.1, 0.15) is 20.0 Å². The van der Waals surface area contributed by atoms with Gasteiger partial charge in [0.05, 0.1) is 0 Å². The molecule has 0 N–H and O–H groups in total. The first-order valence-corrected chi connectivity index (χ1v) is 4.90. The maximum absolute atomic E-state index is 2.31. The van der Waals surface area contributed by atoms with E-state index in [4.69, 9.17) is 0 Å². The van der Waals surface area contributed by atoms with Gasteiger partial charge >= 0.3 is 0 Å². The van der Waals surface area contributed by atoms with Gasteiger partial charge in [-0.3, -0.25) is 0 Å². The van der Waals surface area contributed by atoms with Crippen LogP contribution < -0.4 is 0 Å². The average molecular weight is 135 g/mol. The van der Waals surface area contributed by atoms with Crippen LogP contribution in [0.4, 0.5) is 0 Å². The van der Waals surface area contributed by atoms with Crippen molar-refractivity contribution in [1.82, 2.24) is 0 Å². The smallest absolute Gasteiger partial charge is 0.0571 e. The summed E-state index contributed by atoms with van der Waals surface area (Å²) in [6.45, 7) is 2.29. The van der Waals surface area contributed by atoms with E-state index in [0.717, 1.165) is 0 Å². The van der Waals surface area contributed by atoms with Crippen molar-refractivity contribution in [3.8, 4) is 0 Å². The third-order valence-corrected chi connectivity index (χ3v) is 3.45. The van der Waals surface area contributed by atoms with Crippen LogP contribution in [0.1, 0.15) is 0 Å². The van der Waals surface area contributed by atoms with Crippen LogP contribution in [-0.4, -0.2) is 12.0 Å². The topological polar surface area (TPSA) is 0 Å². The summed E-state index contributed by atoms with van der Waals surface area (Å²) in [4.78, 5) is 0. The summed E-state index contributed by atoms with van der Waals surface area (Å²) >= 11 is 0. The standard InChI is InChI=1S/C8H8P/c1-9-6-5-7-3-2-4-8(7)9/h2-6H,1H3/q+1. The van der Waals surface area contributed by atoms with E-state index in [0.29, 0.717) is 0 Å². The molecular formula is C8H8P+. The fourth-order valence-electron chi connectivity index (χ4n) is 1.16. The van der Waals surface area contributed by atoms with Gasteiger partial charge in [0.15, 0.2) is 5.29 Å². The largest absolute Gasteiger partial charge is 0.155 e. The Morgan fingerprint density at radius 2 is 2.22 bits per heavy atom. The zero-order valence-corrected chi connectivity index (χ0v) is 6.23. The molecule has 0 bridgehead atoms. The Labute approximate surface area is 56.0 Å². The lowest BCUT2D eigenvalue weighted by molar-refractivity contribution is 1.91. The SMILES string of the molecule is C[P+]1=C2C=CC=C2C=C1. The van der Waals surface area contributed by atoms with Crippen LogP contribution in [0.15, 0.2) is 35.7 Å². The number of rotatable bonds is 0. The maximum atomic E-state index is 2.31. The minimum atomic E-state index is 0.0756. The third-order valence-electron chi connectivity index (χ3n) is 1.68. The summed E-state index contributed by atoms with van der Waals surface area (Å²) in [5.74, 6) is 2.31. The molecule has 1 heteroatoms. The molecule has 1 aliphatic carbocycles. The Balaban J connectivity index is 2.62. The van der Waals surface area contributed by atoms with Gasteiger partial charge in [0, 0.05) is 5.57 Å². The molecule has 1 atom stereocenters. The molecule has 0 fully saturated rings. The van der Waals surface area contributed by atoms with Gasteiger partial charge in [0.25, 0.3) is 0 Å². The number of hydrogen-bond donors (Lipinski definition) is 0. The van der Waals surface area contributed by atoms with Crippen molar-refractivity contribution >= 4 is 12.8 Å². The van der Waals surface area contributed by atoms with Gasteiger partial charge < -0.3 is 0 Å². The third kappa shape index (κ3) is 0.635. The predicted octanol–water partition coefficient (Wildman–Crippen LogP) is 2.29. The quantitative estimate of drug-likeness (QED) is 0.447. The summed E-state index contributed by atoms with van der Waals surface area (Å²) < 4.78 is 0. The maximum Gasteiger partial charge on any atom is 0.155 e. The van der Waals surface area contributed by atoms with Gasteiger partial charge in [-0.1, -0.05) is 12.2 Å². The number of allylic oxidation sites excluding steroid dienone is 5. The zero-order valence-electron chi connectivity index (χ0n) is 5.33. The second kappa shape index (κ2) is 1.68. The Morgan fingerprint density at radius 1 is 1.33 bits per heavy atom. The van der Waals surface area contributed by atoms with Crippen molar-refractivity contribution < 1.29 is 0 Å². The molecule has 9 heavy (non-hydrogen) atoms. The fourth-order valence-corrected chi connectivity index (χ4v) is 2.58. The zero-order chi connectivity index (χ0) is 6.27. The highest BCUT2D eigenvalue weighted by atomic mass is 31.1. The lowest BCUT2D eigenvalue weighted by atomic mass is 10.2. The second-order valence-corrected chi connectivity index (χ2v) is 4.29. The first kappa shape index (κ1) is 5.20. The van der Waals surface area contributed by atoms with Crippen LogP contribution >= 0.6 is 7.55 Å². The molecule has 2 rings (SSSR count). The Kier molecular flexibility index (Phi) is 0.972. The summed E-state index contributed by atoms with van der Waals surface area (Å²) in [5.41, 5.74) is 1.43. The number of hydrogen-bond acceptors (Lipinski definition) is 0.